The van der Waals surface area contributed by atoms with E-state index >= 15 is 0 Å². The average molecular weight is 321 g/mol. The van der Waals surface area contributed by atoms with Crippen molar-refractivity contribution in [1.82, 2.24) is 5.32 Å². The molecular formula is C17H23NO3S. The molecule has 1 aliphatic carbocycles. The fourth-order valence-corrected chi connectivity index (χ4v) is 4.28. The van der Waals surface area contributed by atoms with Gasteiger partial charge in [-0.15, -0.1) is 0 Å². The predicted octanol–water partition coefficient (Wildman–Crippen LogP) is 2.87. The number of hydrogen-bond acceptors (Lipinski definition) is 4. The van der Waals surface area contributed by atoms with Crippen LogP contribution in [0.1, 0.15) is 25.7 Å². The van der Waals surface area contributed by atoms with Gasteiger partial charge >= 0.3 is 0 Å². The number of carbonyl (C=O) groups is 1. The Morgan fingerprint density at radius 1 is 1.32 bits per heavy atom. The zero-order chi connectivity index (χ0) is 15.4. The van der Waals surface area contributed by atoms with Crippen molar-refractivity contribution in [3.05, 3.63) is 24.3 Å². The second kappa shape index (κ2) is 6.82. The molecule has 0 radical (unpaired) electrons. The van der Waals surface area contributed by atoms with E-state index in [0.717, 1.165) is 18.6 Å². The summed E-state index contributed by atoms with van der Waals surface area (Å²) >= 11 is 2.02. The third-order valence-corrected chi connectivity index (χ3v) is 5.64. The number of thioether (sulfide) groups is 1. The lowest BCUT2D eigenvalue weighted by Crippen LogP contribution is -2.45. The molecule has 0 spiro atoms. The molecule has 0 unspecified atom stereocenters. The van der Waals surface area contributed by atoms with Crippen molar-refractivity contribution in [1.29, 1.82) is 0 Å². The highest BCUT2D eigenvalue weighted by atomic mass is 32.2. The number of rotatable bonds is 6. The van der Waals surface area contributed by atoms with Gasteiger partial charge in [-0.2, -0.15) is 11.8 Å². The number of carbonyl (C=O) groups excluding carboxylic acids is 1. The van der Waals surface area contributed by atoms with Gasteiger partial charge in [0.15, 0.2) is 6.61 Å². The molecular weight excluding hydrogens is 298 g/mol. The molecule has 120 valence electrons. The number of methoxy groups -OCH3 is 1. The van der Waals surface area contributed by atoms with Crippen LogP contribution in [0.4, 0.5) is 0 Å². The molecule has 1 N–H and O–H groups in total. The Hall–Kier alpha value is -1.36. The Kier molecular flexibility index (Phi) is 4.81. The van der Waals surface area contributed by atoms with Crippen LogP contribution >= 0.6 is 11.8 Å². The van der Waals surface area contributed by atoms with Crippen molar-refractivity contribution >= 4 is 17.7 Å². The van der Waals surface area contributed by atoms with Gasteiger partial charge in [0, 0.05) is 11.6 Å². The number of hydrogen-bond donors (Lipinski definition) is 1. The number of ether oxygens (including phenoxy) is 2. The molecule has 0 atom stereocenters. The molecule has 4 nitrogen and oxygen atoms in total. The fourth-order valence-electron chi connectivity index (χ4n) is 3.17. The Bertz CT molecular complexity index is 524. The minimum absolute atomic E-state index is 0.0152. The molecule has 2 fully saturated rings. The molecule has 0 bridgehead atoms. The van der Waals surface area contributed by atoms with E-state index in [0.29, 0.717) is 11.7 Å². The zero-order valence-electron chi connectivity index (χ0n) is 13.0. The number of benzene rings is 1. The summed E-state index contributed by atoms with van der Waals surface area (Å²) in [6, 6.07) is 7.33. The maximum Gasteiger partial charge on any atom is 0.258 e. The van der Waals surface area contributed by atoms with Crippen LogP contribution in [-0.2, 0) is 4.79 Å². The van der Waals surface area contributed by atoms with Crippen LogP contribution < -0.4 is 14.8 Å². The first kappa shape index (κ1) is 15.5. The van der Waals surface area contributed by atoms with Gasteiger partial charge in [-0.25, -0.2) is 0 Å². The molecule has 1 saturated carbocycles. The van der Waals surface area contributed by atoms with Gasteiger partial charge in [-0.1, -0.05) is 6.07 Å². The maximum absolute atomic E-state index is 12.2. The third-order valence-electron chi connectivity index (χ3n) is 4.59. The van der Waals surface area contributed by atoms with Crippen molar-refractivity contribution in [3.8, 4) is 11.5 Å². The van der Waals surface area contributed by atoms with Gasteiger partial charge in [0.2, 0.25) is 0 Å². The van der Waals surface area contributed by atoms with Crippen LogP contribution in [0, 0.1) is 5.92 Å². The van der Waals surface area contributed by atoms with Crippen LogP contribution in [0.25, 0.3) is 0 Å². The Balaban J connectivity index is 1.50. The SMILES string of the molecule is COc1cccc(OCC(=O)NC2(C3CCSCC3)CC2)c1. The van der Waals surface area contributed by atoms with E-state index in [2.05, 4.69) is 5.32 Å². The summed E-state index contributed by atoms with van der Waals surface area (Å²) < 4.78 is 10.7. The Morgan fingerprint density at radius 2 is 2.05 bits per heavy atom. The van der Waals surface area contributed by atoms with Crippen LogP contribution in [0.2, 0.25) is 0 Å². The van der Waals surface area contributed by atoms with Gasteiger partial charge in [0.1, 0.15) is 11.5 Å². The molecule has 1 aromatic rings. The molecule has 3 rings (SSSR count). The van der Waals surface area contributed by atoms with Gasteiger partial charge in [0.05, 0.1) is 7.11 Å². The lowest BCUT2D eigenvalue weighted by atomic mass is 9.91. The molecule has 1 aliphatic heterocycles. The molecule has 1 saturated heterocycles. The minimum Gasteiger partial charge on any atom is -0.497 e. The molecule has 1 aromatic carbocycles. The lowest BCUT2D eigenvalue weighted by Gasteiger charge is -2.30. The van der Waals surface area contributed by atoms with E-state index in [4.69, 9.17) is 9.47 Å². The van der Waals surface area contributed by atoms with E-state index in [-0.39, 0.29) is 18.1 Å². The predicted molar refractivity (Wildman–Crippen MR) is 88.6 cm³/mol. The van der Waals surface area contributed by atoms with Crippen LogP contribution in [0.15, 0.2) is 24.3 Å². The first-order chi connectivity index (χ1) is 10.7. The van der Waals surface area contributed by atoms with Crippen molar-refractivity contribution < 1.29 is 14.3 Å². The zero-order valence-corrected chi connectivity index (χ0v) is 13.8. The summed E-state index contributed by atoms with van der Waals surface area (Å²) in [7, 11) is 1.62. The highest BCUT2D eigenvalue weighted by molar-refractivity contribution is 7.99. The van der Waals surface area contributed by atoms with E-state index in [1.165, 1.54) is 24.3 Å². The van der Waals surface area contributed by atoms with E-state index in [1.54, 1.807) is 13.2 Å². The highest BCUT2D eigenvalue weighted by Crippen LogP contribution is 2.47. The van der Waals surface area contributed by atoms with E-state index in [9.17, 15) is 4.79 Å². The summed E-state index contributed by atoms with van der Waals surface area (Å²) in [4.78, 5) is 12.2. The Labute approximate surface area is 135 Å². The maximum atomic E-state index is 12.2. The first-order valence-electron chi connectivity index (χ1n) is 7.87. The molecule has 5 heteroatoms. The van der Waals surface area contributed by atoms with Crippen LogP contribution in [-0.4, -0.2) is 36.7 Å². The topological polar surface area (TPSA) is 47.6 Å². The standard InChI is InChI=1S/C17H23NO3S/c1-20-14-3-2-4-15(11-14)21-12-16(19)18-17(7-8-17)13-5-9-22-10-6-13/h2-4,11,13H,5-10,12H2,1H3,(H,18,19). The van der Waals surface area contributed by atoms with Crippen molar-refractivity contribution in [2.45, 2.75) is 31.2 Å². The molecule has 22 heavy (non-hydrogen) atoms. The van der Waals surface area contributed by atoms with E-state index < -0.39 is 0 Å². The number of nitrogens with one attached hydrogen (secondary N) is 1. The summed E-state index contributed by atoms with van der Waals surface area (Å²) in [5, 5.41) is 3.23. The second-order valence-corrected chi connectivity index (χ2v) is 7.28. The van der Waals surface area contributed by atoms with Gasteiger partial charge < -0.3 is 14.8 Å². The number of amides is 1. The summed E-state index contributed by atoms with van der Waals surface area (Å²) in [5.74, 6) is 4.48. The van der Waals surface area contributed by atoms with Gasteiger partial charge in [-0.05, 0) is 55.2 Å². The summed E-state index contributed by atoms with van der Waals surface area (Å²) in [5.41, 5.74) is 0.0653. The minimum atomic E-state index is -0.0152. The monoisotopic (exact) mass is 321 g/mol. The summed E-state index contributed by atoms with van der Waals surface area (Å²) in [6.45, 7) is 0.0659. The largest absolute Gasteiger partial charge is 0.497 e. The third kappa shape index (κ3) is 3.69. The Morgan fingerprint density at radius 3 is 2.73 bits per heavy atom. The smallest absolute Gasteiger partial charge is 0.258 e. The van der Waals surface area contributed by atoms with Gasteiger partial charge in [-0.3, -0.25) is 4.79 Å². The van der Waals surface area contributed by atoms with Crippen LogP contribution in [0.5, 0.6) is 11.5 Å². The van der Waals surface area contributed by atoms with Crippen molar-refractivity contribution in [2.24, 2.45) is 5.92 Å². The normalized spacial score (nSPS) is 20.2. The highest BCUT2D eigenvalue weighted by Gasteiger charge is 2.50. The molecule has 0 aromatic heterocycles. The molecule has 1 amide bonds. The summed E-state index contributed by atoms with van der Waals surface area (Å²) in [6.07, 6.45) is 4.68. The molecule has 1 heterocycles. The van der Waals surface area contributed by atoms with Gasteiger partial charge in [0.25, 0.3) is 5.91 Å². The van der Waals surface area contributed by atoms with Crippen LogP contribution in [0.3, 0.4) is 0 Å². The second-order valence-electron chi connectivity index (χ2n) is 6.06. The quantitative estimate of drug-likeness (QED) is 0.875. The average Bonchev–Trinajstić information content (AvgIpc) is 3.35. The van der Waals surface area contributed by atoms with Crippen molar-refractivity contribution in [3.63, 3.8) is 0 Å². The van der Waals surface area contributed by atoms with E-state index in [1.807, 2.05) is 30.0 Å². The lowest BCUT2D eigenvalue weighted by molar-refractivity contribution is -0.124. The first-order valence-corrected chi connectivity index (χ1v) is 9.03. The molecule has 2 aliphatic rings. The fraction of sp³-hybridized carbons (Fsp3) is 0.588. The van der Waals surface area contributed by atoms with Crippen molar-refractivity contribution in [2.75, 3.05) is 25.2 Å².